The predicted octanol–water partition coefficient (Wildman–Crippen LogP) is 4.93. The van der Waals surface area contributed by atoms with Crippen molar-refractivity contribution in [2.75, 3.05) is 6.54 Å². The maximum absolute atomic E-state index is 13.9. The van der Waals surface area contributed by atoms with Crippen LogP contribution in [-0.4, -0.2) is 6.54 Å². The predicted molar refractivity (Wildman–Crippen MR) is 84.9 cm³/mol. The van der Waals surface area contributed by atoms with Crippen LogP contribution in [0, 0.1) is 25.5 Å². The summed E-state index contributed by atoms with van der Waals surface area (Å²) in [6, 6.07) is 6.11. The molecular formula is C17H21F2NS. The first-order valence-electron chi connectivity index (χ1n) is 7.26. The van der Waals surface area contributed by atoms with Crippen LogP contribution in [0.3, 0.4) is 0 Å². The van der Waals surface area contributed by atoms with Crippen molar-refractivity contribution >= 4 is 11.3 Å². The van der Waals surface area contributed by atoms with E-state index in [1.165, 1.54) is 28.0 Å². The van der Waals surface area contributed by atoms with Gasteiger partial charge in [-0.05, 0) is 57.0 Å². The molecule has 1 N–H and O–H groups in total. The summed E-state index contributed by atoms with van der Waals surface area (Å²) in [5.74, 6) is -0.939. The van der Waals surface area contributed by atoms with E-state index in [2.05, 4.69) is 32.2 Å². The number of halogens is 2. The molecule has 0 aliphatic heterocycles. The number of hydrogen-bond acceptors (Lipinski definition) is 2. The fraction of sp³-hybridized carbons (Fsp3) is 0.412. The Kier molecular flexibility index (Phi) is 5.48. The molecule has 0 saturated heterocycles. The van der Waals surface area contributed by atoms with E-state index in [1.807, 2.05) is 0 Å². The molecule has 0 fully saturated rings. The molecule has 0 radical (unpaired) electrons. The second-order valence-electron chi connectivity index (χ2n) is 5.28. The first-order valence-corrected chi connectivity index (χ1v) is 8.07. The number of nitrogens with one attached hydrogen (secondary N) is 1. The Bertz CT molecular complexity index is 587. The van der Waals surface area contributed by atoms with Crippen LogP contribution in [0.15, 0.2) is 24.3 Å². The highest BCUT2D eigenvalue weighted by atomic mass is 32.1. The zero-order chi connectivity index (χ0) is 15.4. The second kappa shape index (κ2) is 7.14. The summed E-state index contributed by atoms with van der Waals surface area (Å²) in [5.41, 5.74) is 1.31. The Labute approximate surface area is 129 Å². The van der Waals surface area contributed by atoms with Gasteiger partial charge in [0.05, 0.1) is 0 Å². The summed E-state index contributed by atoms with van der Waals surface area (Å²) in [5, 5.41) is 3.42. The molecule has 0 saturated carbocycles. The van der Waals surface area contributed by atoms with Gasteiger partial charge in [-0.1, -0.05) is 13.0 Å². The van der Waals surface area contributed by atoms with E-state index in [-0.39, 0.29) is 11.6 Å². The third kappa shape index (κ3) is 3.89. The van der Waals surface area contributed by atoms with Crippen molar-refractivity contribution in [3.63, 3.8) is 0 Å². The number of rotatable bonds is 6. The van der Waals surface area contributed by atoms with Gasteiger partial charge < -0.3 is 5.32 Å². The van der Waals surface area contributed by atoms with Gasteiger partial charge >= 0.3 is 0 Å². The van der Waals surface area contributed by atoms with Crippen LogP contribution in [0.25, 0.3) is 0 Å². The maximum atomic E-state index is 13.9. The summed E-state index contributed by atoms with van der Waals surface area (Å²) in [7, 11) is 0. The van der Waals surface area contributed by atoms with Crippen LogP contribution < -0.4 is 5.32 Å². The monoisotopic (exact) mass is 309 g/mol. The fourth-order valence-electron chi connectivity index (χ4n) is 2.54. The average molecular weight is 309 g/mol. The van der Waals surface area contributed by atoms with Gasteiger partial charge in [0, 0.05) is 21.4 Å². The first-order chi connectivity index (χ1) is 10.0. The maximum Gasteiger partial charge on any atom is 0.129 e. The van der Waals surface area contributed by atoms with Crippen molar-refractivity contribution in [3.05, 3.63) is 56.8 Å². The lowest BCUT2D eigenvalue weighted by atomic mass is 9.98. The molecule has 1 nitrogen and oxygen atoms in total. The molecule has 2 rings (SSSR count). The topological polar surface area (TPSA) is 12.0 Å². The van der Waals surface area contributed by atoms with Crippen molar-refractivity contribution in [2.24, 2.45) is 0 Å². The number of benzene rings is 1. The standard InChI is InChI=1S/C17H21F2NS/c1-4-8-20-17(13-9-11(2)21-12(13)3)10-14-15(18)6-5-7-16(14)19/h5-7,9,17,20H,4,8,10H2,1-3H3. The first kappa shape index (κ1) is 16.1. The average Bonchev–Trinajstić information content (AvgIpc) is 2.76. The Morgan fingerprint density at radius 2 is 1.86 bits per heavy atom. The molecule has 2 aromatic rings. The molecule has 0 aliphatic carbocycles. The Hall–Kier alpha value is -1.26. The van der Waals surface area contributed by atoms with E-state index >= 15 is 0 Å². The minimum atomic E-state index is -0.470. The minimum Gasteiger partial charge on any atom is -0.310 e. The molecule has 0 aliphatic rings. The molecule has 1 aromatic carbocycles. The van der Waals surface area contributed by atoms with Gasteiger partial charge in [0.25, 0.3) is 0 Å². The zero-order valence-corrected chi connectivity index (χ0v) is 13.5. The molecule has 1 unspecified atom stereocenters. The summed E-state index contributed by atoms with van der Waals surface area (Å²) in [6.45, 7) is 7.03. The fourth-order valence-corrected chi connectivity index (χ4v) is 3.53. The molecule has 0 spiro atoms. The van der Waals surface area contributed by atoms with E-state index in [9.17, 15) is 8.78 Å². The highest BCUT2D eigenvalue weighted by molar-refractivity contribution is 7.12. The SMILES string of the molecule is CCCNC(Cc1c(F)cccc1F)c1cc(C)sc1C. The number of aryl methyl sites for hydroxylation is 2. The van der Waals surface area contributed by atoms with Crippen LogP contribution in [0.1, 0.15) is 40.3 Å². The van der Waals surface area contributed by atoms with Crippen molar-refractivity contribution in [2.45, 2.75) is 39.7 Å². The van der Waals surface area contributed by atoms with Crippen LogP contribution in [-0.2, 0) is 6.42 Å². The van der Waals surface area contributed by atoms with Crippen LogP contribution in [0.2, 0.25) is 0 Å². The largest absolute Gasteiger partial charge is 0.310 e. The van der Waals surface area contributed by atoms with Crippen molar-refractivity contribution in [1.82, 2.24) is 5.32 Å². The van der Waals surface area contributed by atoms with Crippen molar-refractivity contribution < 1.29 is 8.78 Å². The molecule has 0 bridgehead atoms. The van der Waals surface area contributed by atoms with Crippen LogP contribution >= 0.6 is 11.3 Å². The lowest BCUT2D eigenvalue weighted by Gasteiger charge is -2.19. The van der Waals surface area contributed by atoms with Gasteiger partial charge in [-0.3, -0.25) is 0 Å². The van der Waals surface area contributed by atoms with E-state index < -0.39 is 11.6 Å². The highest BCUT2D eigenvalue weighted by Gasteiger charge is 2.19. The van der Waals surface area contributed by atoms with Gasteiger partial charge in [-0.25, -0.2) is 8.78 Å². The quantitative estimate of drug-likeness (QED) is 0.798. The summed E-state index contributed by atoms with van der Waals surface area (Å²) in [6.07, 6.45) is 1.31. The van der Waals surface area contributed by atoms with Crippen molar-refractivity contribution in [3.8, 4) is 0 Å². The Balaban J connectivity index is 2.30. The van der Waals surface area contributed by atoms with E-state index in [4.69, 9.17) is 0 Å². The molecular weight excluding hydrogens is 288 g/mol. The van der Waals surface area contributed by atoms with E-state index in [0.717, 1.165) is 18.5 Å². The van der Waals surface area contributed by atoms with Crippen molar-refractivity contribution in [1.29, 1.82) is 0 Å². The molecule has 114 valence electrons. The molecule has 0 amide bonds. The van der Waals surface area contributed by atoms with Crippen LogP contribution in [0.5, 0.6) is 0 Å². The lowest BCUT2D eigenvalue weighted by molar-refractivity contribution is 0.489. The number of hydrogen-bond donors (Lipinski definition) is 1. The molecule has 21 heavy (non-hydrogen) atoms. The van der Waals surface area contributed by atoms with Gasteiger partial charge in [0.2, 0.25) is 0 Å². The minimum absolute atomic E-state index is 0.0544. The molecule has 4 heteroatoms. The summed E-state index contributed by atoms with van der Waals surface area (Å²) in [4.78, 5) is 2.43. The molecule has 1 atom stereocenters. The normalized spacial score (nSPS) is 12.6. The zero-order valence-electron chi connectivity index (χ0n) is 12.7. The second-order valence-corrected chi connectivity index (χ2v) is 6.74. The molecule has 1 heterocycles. The lowest BCUT2D eigenvalue weighted by Crippen LogP contribution is -2.25. The smallest absolute Gasteiger partial charge is 0.129 e. The van der Waals surface area contributed by atoms with Gasteiger partial charge in [-0.15, -0.1) is 11.3 Å². The Morgan fingerprint density at radius 3 is 2.38 bits per heavy atom. The van der Waals surface area contributed by atoms with E-state index in [1.54, 1.807) is 11.3 Å². The Morgan fingerprint density at radius 1 is 1.19 bits per heavy atom. The van der Waals surface area contributed by atoms with Crippen LogP contribution in [0.4, 0.5) is 8.78 Å². The van der Waals surface area contributed by atoms with E-state index in [0.29, 0.717) is 6.42 Å². The molecule has 1 aromatic heterocycles. The van der Waals surface area contributed by atoms with Gasteiger partial charge in [-0.2, -0.15) is 0 Å². The highest BCUT2D eigenvalue weighted by Crippen LogP contribution is 2.29. The summed E-state index contributed by atoms with van der Waals surface area (Å²) < 4.78 is 27.8. The third-order valence-corrected chi connectivity index (χ3v) is 4.55. The third-order valence-electron chi connectivity index (χ3n) is 3.57. The van der Waals surface area contributed by atoms with Gasteiger partial charge in [0.15, 0.2) is 0 Å². The van der Waals surface area contributed by atoms with Gasteiger partial charge in [0.1, 0.15) is 11.6 Å². The number of thiophene rings is 1. The summed E-state index contributed by atoms with van der Waals surface area (Å²) >= 11 is 1.72.